The van der Waals surface area contributed by atoms with Crippen molar-refractivity contribution in [2.45, 2.75) is 57.7 Å². The predicted molar refractivity (Wildman–Crippen MR) is 70.4 cm³/mol. The molecule has 102 valence electrons. The standard InChI is InChI=1S/C13H28N2O2/c1-12(2)9-11(15(5,6)7-8-16)10-13(3,4)14(12)17/h11,16H,7-10H2,1-6H3. The van der Waals surface area contributed by atoms with E-state index in [0.717, 1.165) is 23.9 Å². The van der Waals surface area contributed by atoms with Gasteiger partial charge in [-0.25, -0.2) is 0 Å². The Kier molecular flexibility index (Phi) is 3.94. The van der Waals surface area contributed by atoms with Gasteiger partial charge >= 0.3 is 0 Å². The number of likely N-dealkylation sites (N-methyl/N-ethyl adjacent to an activating group) is 1. The molecular formula is C13H28N2O2. The average Bonchev–Trinajstić information content (AvgIpc) is 2.13. The van der Waals surface area contributed by atoms with E-state index in [2.05, 4.69) is 14.1 Å². The second-order valence-electron chi connectivity index (χ2n) is 7.21. The molecule has 1 aliphatic heterocycles. The van der Waals surface area contributed by atoms with E-state index in [1.807, 2.05) is 27.7 Å². The van der Waals surface area contributed by atoms with Crippen LogP contribution in [-0.4, -0.2) is 59.0 Å². The van der Waals surface area contributed by atoms with Crippen LogP contribution in [0.25, 0.3) is 0 Å². The second-order valence-corrected chi connectivity index (χ2v) is 7.21. The molecule has 0 aliphatic carbocycles. The van der Waals surface area contributed by atoms with Gasteiger partial charge < -0.3 is 19.9 Å². The van der Waals surface area contributed by atoms with Gasteiger partial charge in [-0.05, 0) is 27.7 Å². The van der Waals surface area contributed by atoms with E-state index < -0.39 is 0 Å². The van der Waals surface area contributed by atoms with Crippen molar-refractivity contribution in [1.82, 2.24) is 5.06 Å². The highest BCUT2D eigenvalue weighted by molar-refractivity contribution is 5.01. The quantitative estimate of drug-likeness (QED) is 0.767. The Labute approximate surface area is 105 Å². The van der Waals surface area contributed by atoms with Gasteiger partial charge in [-0.1, -0.05) is 0 Å². The molecule has 0 unspecified atom stereocenters. The van der Waals surface area contributed by atoms with E-state index in [0.29, 0.717) is 6.04 Å². The number of aliphatic hydroxyl groups is 1. The van der Waals surface area contributed by atoms with Crippen molar-refractivity contribution in [2.75, 3.05) is 27.2 Å². The highest BCUT2D eigenvalue weighted by Crippen LogP contribution is 2.40. The third kappa shape index (κ3) is 2.99. The van der Waals surface area contributed by atoms with E-state index in [-0.39, 0.29) is 17.7 Å². The highest BCUT2D eigenvalue weighted by Gasteiger charge is 2.45. The summed E-state index contributed by atoms with van der Waals surface area (Å²) in [4.78, 5) is 0. The number of hydrogen-bond donors (Lipinski definition) is 1. The average molecular weight is 244 g/mol. The topological polar surface area (TPSA) is 46.5 Å². The fraction of sp³-hybridized carbons (Fsp3) is 1.00. The number of aliphatic hydroxyl groups excluding tert-OH is 1. The summed E-state index contributed by atoms with van der Waals surface area (Å²) in [5, 5.41) is 22.7. The first-order valence-electron chi connectivity index (χ1n) is 6.44. The van der Waals surface area contributed by atoms with Crippen molar-refractivity contribution < 1.29 is 9.59 Å². The molecule has 1 saturated heterocycles. The molecule has 0 aromatic rings. The third-order valence-electron chi connectivity index (χ3n) is 4.23. The summed E-state index contributed by atoms with van der Waals surface area (Å²) in [7, 11) is 4.29. The molecule has 0 aromatic carbocycles. The van der Waals surface area contributed by atoms with Crippen molar-refractivity contribution >= 4 is 0 Å². The SMILES string of the molecule is CC1(C)CC([N+](C)(C)CCO)CC(C)(C)N1[O-]. The van der Waals surface area contributed by atoms with Gasteiger partial charge in [0.25, 0.3) is 0 Å². The molecule has 1 heterocycles. The Hall–Kier alpha value is -0.160. The number of hydrogen-bond acceptors (Lipinski definition) is 3. The van der Waals surface area contributed by atoms with E-state index in [9.17, 15) is 5.21 Å². The van der Waals surface area contributed by atoms with Gasteiger partial charge in [-0.2, -0.15) is 0 Å². The zero-order valence-electron chi connectivity index (χ0n) is 12.2. The number of hydroxylamine groups is 2. The van der Waals surface area contributed by atoms with Crippen LogP contribution < -0.4 is 0 Å². The monoisotopic (exact) mass is 244 g/mol. The maximum absolute atomic E-state index is 12.3. The lowest BCUT2D eigenvalue weighted by Crippen LogP contribution is -2.65. The molecule has 1 aliphatic rings. The van der Waals surface area contributed by atoms with Gasteiger partial charge in [0.1, 0.15) is 6.54 Å². The van der Waals surface area contributed by atoms with Gasteiger partial charge in [-0.15, -0.1) is 0 Å². The molecule has 4 nitrogen and oxygen atoms in total. The van der Waals surface area contributed by atoms with Crippen LogP contribution >= 0.6 is 0 Å². The second kappa shape index (κ2) is 4.50. The Morgan fingerprint density at radius 3 is 1.94 bits per heavy atom. The van der Waals surface area contributed by atoms with Gasteiger partial charge in [0.2, 0.25) is 0 Å². The molecule has 0 spiro atoms. The van der Waals surface area contributed by atoms with E-state index in [4.69, 9.17) is 5.11 Å². The molecule has 1 rings (SSSR count). The van der Waals surface area contributed by atoms with Crippen LogP contribution in [0.5, 0.6) is 0 Å². The van der Waals surface area contributed by atoms with Gasteiger partial charge in [0.15, 0.2) is 0 Å². The molecule has 1 fully saturated rings. The Bertz CT molecular complexity index is 257. The molecule has 4 heteroatoms. The number of nitrogens with zero attached hydrogens (tertiary/aromatic N) is 2. The first-order valence-corrected chi connectivity index (χ1v) is 6.44. The van der Waals surface area contributed by atoms with Crippen molar-refractivity contribution in [1.29, 1.82) is 0 Å². The van der Waals surface area contributed by atoms with E-state index >= 15 is 0 Å². The third-order valence-corrected chi connectivity index (χ3v) is 4.23. The van der Waals surface area contributed by atoms with Crippen LogP contribution in [0.15, 0.2) is 0 Å². The molecule has 0 bridgehead atoms. The lowest BCUT2D eigenvalue weighted by molar-refractivity contribution is -0.918. The van der Waals surface area contributed by atoms with E-state index in [1.54, 1.807) is 0 Å². The first-order chi connectivity index (χ1) is 7.53. The molecule has 0 saturated carbocycles. The van der Waals surface area contributed by atoms with Crippen molar-refractivity contribution in [2.24, 2.45) is 0 Å². The predicted octanol–water partition coefficient (Wildman–Crippen LogP) is 1.57. The van der Waals surface area contributed by atoms with E-state index in [1.165, 1.54) is 5.06 Å². The van der Waals surface area contributed by atoms with Gasteiger partial charge in [0, 0.05) is 23.9 Å². The van der Waals surface area contributed by atoms with Crippen LogP contribution in [0.4, 0.5) is 0 Å². The Morgan fingerprint density at radius 1 is 1.18 bits per heavy atom. The van der Waals surface area contributed by atoms with Crippen molar-refractivity contribution in [3.05, 3.63) is 5.21 Å². The summed E-state index contributed by atoms with van der Waals surface area (Å²) in [5.41, 5.74) is -0.644. The fourth-order valence-corrected chi connectivity index (χ4v) is 3.15. The lowest BCUT2D eigenvalue weighted by atomic mass is 9.77. The van der Waals surface area contributed by atoms with Crippen LogP contribution in [0.1, 0.15) is 40.5 Å². The zero-order valence-corrected chi connectivity index (χ0v) is 12.2. The van der Waals surface area contributed by atoms with Gasteiger partial charge in [0.05, 0.1) is 26.7 Å². The summed E-state index contributed by atoms with van der Waals surface area (Å²) in [6.07, 6.45) is 1.76. The van der Waals surface area contributed by atoms with Crippen molar-refractivity contribution in [3.63, 3.8) is 0 Å². The molecule has 17 heavy (non-hydrogen) atoms. The summed E-state index contributed by atoms with van der Waals surface area (Å²) in [6, 6.07) is 0.428. The molecular weight excluding hydrogens is 216 g/mol. The first kappa shape index (κ1) is 14.9. The van der Waals surface area contributed by atoms with Crippen molar-refractivity contribution in [3.8, 4) is 0 Å². The minimum atomic E-state index is -0.322. The minimum Gasteiger partial charge on any atom is -0.784 e. The summed E-state index contributed by atoms with van der Waals surface area (Å²) in [6.45, 7) is 9.03. The normalized spacial score (nSPS) is 26.1. The van der Waals surface area contributed by atoms with Gasteiger partial charge in [-0.3, -0.25) is 0 Å². The minimum absolute atomic E-state index is 0.200. The maximum atomic E-state index is 12.3. The summed E-state index contributed by atoms with van der Waals surface area (Å²) < 4.78 is 0.789. The Balaban J connectivity index is 2.92. The van der Waals surface area contributed by atoms with Crippen LogP contribution in [-0.2, 0) is 0 Å². The van der Waals surface area contributed by atoms with Crippen LogP contribution in [0.2, 0.25) is 0 Å². The molecule has 1 N–H and O–H groups in total. The zero-order chi connectivity index (χ0) is 13.5. The number of quaternary nitrogens is 1. The molecule has 0 aromatic heterocycles. The largest absolute Gasteiger partial charge is 0.784 e. The highest BCUT2D eigenvalue weighted by atomic mass is 16.5. The maximum Gasteiger partial charge on any atom is 0.102 e. The summed E-state index contributed by atoms with van der Waals surface area (Å²) in [5.74, 6) is 0. The van der Waals surface area contributed by atoms with Crippen LogP contribution in [0, 0.1) is 5.21 Å². The Morgan fingerprint density at radius 2 is 1.59 bits per heavy atom. The summed E-state index contributed by atoms with van der Waals surface area (Å²) >= 11 is 0. The fourth-order valence-electron chi connectivity index (χ4n) is 3.15. The van der Waals surface area contributed by atoms with Crippen LogP contribution in [0.3, 0.4) is 0 Å². The number of piperidine rings is 1. The molecule has 0 radical (unpaired) electrons. The molecule has 0 atom stereocenters. The smallest absolute Gasteiger partial charge is 0.102 e. The molecule has 0 amide bonds. The number of rotatable bonds is 3. The lowest BCUT2D eigenvalue weighted by Gasteiger charge is -2.61.